The van der Waals surface area contributed by atoms with Gasteiger partial charge in [-0.2, -0.15) is 13.2 Å². The van der Waals surface area contributed by atoms with Crippen molar-refractivity contribution in [2.45, 2.75) is 26.1 Å². The molecule has 7 nitrogen and oxygen atoms in total. The minimum Gasteiger partial charge on any atom is -0.480 e. The lowest BCUT2D eigenvalue weighted by atomic mass is 10.0. The van der Waals surface area contributed by atoms with Crippen LogP contribution in [0.4, 0.5) is 30.6 Å². The summed E-state index contributed by atoms with van der Waals surface area (Å²) in [6, 6.07) is 8.99. The van der Waals surface area contributed by atoms with Gasteiger partial charge in [-0.15, -0.1) is 0 Å². The van der Waals surface area contributed by atoms with Crippen LogP contribution in [0.5, 0.6) is 0 Å². The average molecular weight is 431 g/mol. The van der Waals surface area contributed by atoms with E-state index in [9.17, 15) is 18.0 Å². The van der Waals surface area contributed by atoms with Crippen molar-refractivity contribution in [3.63, 3.8) is 0 Å². The highest BCUT2D eigenvalue weighted by molar-refractivity contribution is 5.77. The zero-order valence-electron chi connectivity index (χ0n) is 17.0. The van der Waals surface area contributed by atoms with Crippen LogP contribution in [0.1, 0.15) is 18.2 Å². The van der Waals surface area contributed by atoms with Crippen molar-refractivity contribution >= 4 is 23.4 Å². The number of aliphatic carboxylic acids is 1. The van der Waals surface area contributed by atoms with Gasteiger partial charge in [-0.3, -0.25) is 0 Å². The van der Waals surface area contributed by atoms with Crippen LogP contribution in [-0.2, 0) is 11.0 Å². The quantitative estimate of drug-likeness (QED) is 0.593. The summed E-state index contributed by atoms with van der Waals surface area (Å²) in [4.78, 5) is 24.4. The first kappa shape index (κ1) is 22.0. The molecule has 0 aliphatic carbocycles. The number of aromatic nitrogens is 3. The van der Waals surface area contributed by atoms with Crippen molar-refractivity contribution in [3.8, 4) is 11.1 Å². The summed E-state index contributed by atoms with van der Waals surface area (Å²) < 4.78 is 38.6. The minimum atomic E-state index is -4.56. The van der Waals surface area contributed by atoms with Crippen molar-refractivity contribution in [1.29, 1.82) is 0 Å². The van der Waals surface area contributed by atoms with E-state index in [1.165, 1.54) is 0 Å². The second-order valence-corrected chi connectivity index (χ2v) is 7.01. The maximum atomic E-state index is 12.9. The molecule has 0 bridgehead atoms. The van der Waals surface area contributed by atoms with E-state index < -0.39 is 23.9 Å². The monoisotopic (exact) mass is 431 g/mol. The molecule has 3 aromatic rings. The summed E-state index contributed by atoms with van der Waals surface area (Å²) in [5.74, 6) is -0.620. The summed E-state index contributed by atoms with van der Waals surface area (Å²) in [7, 11) is 1.64. The first-order valence-corrected chi connectivity index (χ1v) is 9.25. The molecule has 2 aromatic heterocycles. The molecule has 0 radical (unpaired) electrons. The Balaban J connectivity index is 1.85. The molecule has 31 heavy (non-hydrogen) atoms. The van der Waals surface area contributed by atoms with Crippen molar-refractivity contribution in [2.24, 2.45) is 0 Å². The fraction of sp³-hybridized carbons (Fsp3) is 0.238. The van der Waals surface area contributed by atoms with Gasteiger partial charge < -0.3 is 15.3 Å². The number of carbonyl (C=O) groups is 1. The molecule has 1 unspecified atom stereocenters. The molecule has 0 amide bonds. The highest BCUT2D eigenvalue weighted by atomic mass is 19.4. The fourth-order valence-electron chi connectivity index (χ4n) is 2.86. The molecule has 0 fully saturated rings. The predicted octanol–water partition coefficient (Wildman–Crippen LogP) is 4.52. The predicted molar refractivity (Wildman–Crippen MR) is 110 cm³/mol. The third-order valence-corrected chi connectivity index (χ3v) is 4.66. The molecule has 2 heterocycles. The molecule has 1 aromatic carbocycles. The summed E-state index contributed by atoms with van der Waals surface area (Å²) in [5, 5.41) is 11.9. The van der Waals surface area contributed by atoms with E-state index in [4.69, 9.17) is 5.11 Å². The third kappa shape index (κ3) is 5.27. The van der Waals surface area contributed by atoms with Crippen molar-refractivity contribution in [3.05, 3.63) is 60.0 Å². The van der Waals surface area contributed by atoms with Crippen LogP contribution in [0.3, 0.4) is 0 Å². The zero-order chi connectivity index (χ0) is 22.8. The van der Waals surface area contributed by atoms with Gasteiger partial charge in [-0.25, -0.2) is 19.7 Å². The smallest absolute Gasteiger partial charge is 0.433 e. The van der Waals surface area contributed by atoms with Gasteiger partial charge in [0.15, 0.2) is 0 Å². The van der Waals surface area contributed by atoms with Crippen LogP contribution in [0.2, 0.25) is 0 Å². The molecule has 0 saturated carbocycles. The Labute approximate surface area is 176 Å². The normalized spacial score (nSPS) is 12.3. The average Bonchev–Trinajstić information content (AvgIpc) is 2.72. The van der Waals surface area contributed by atoms with Gasteiger partial charge in [0.2, 0.25) is 5.95 Å². The lowest BCUT2D eigenvalue weighted by Crippen LogP contribution is -2.36. The van der Waals surface area contributed by atoms with Gasteiger partial charge in [-0.1, -0.05) is 6.07 Å². The Bertz CT molecular complexity index is 1090. The first-order valence-electron chi connectivity index (χ1n) is 9.25. The Kier molecular flexibility index (Phi) is 6.09. The minimum absolute atomic E-state index is 0.163. The van der Waals surface area contributed by atoms with Crippen LogP contribution in [0, 0.1) is 6.92 Å². The largest absolute Gasteiger partial charge is 0.480 e. The van der Waals surface area contributed by atoms with Crippen molar-refractivity contribution in [1.82, 2.24) is 15.0 Å². The molecule has 162 valence electrons. The maximum Gasteiger partial charge on any atom is 0.433 e. The number of halogens is 3. The zero-order valence-corrected chi connectivity index (χ0v) is 17.0. The van der Waals surface area contributed by atoms with E-state index in [0.29, 0.717) is 11.5 Å². The van der Waals surface area contributed by atoms with E-state index >= 15 is 0 Å². The van der Waals surface area contributed by atoms with E-state index in [2.05, 4.69) is 20.3 Å². The molecular formula is C21H20F3N5O2. The highest BCUT2D eigenvalue weighted by Gasteiger charge is 2.32. The second-order valence-electron chi connectivity index (χ2n) is 7.01. The van der Waals surface area contributed by atoms with Gasteiger partial charge in [-0.05, 0) is 55.3 Å². The highest BCUT2D eigenvalue weighted by Crippen LogP contribution is 2.29. The number of hydrogen-bond donors (Lipinski definition) is 2. The summed E-state index contributed by atoms with van der Waals surface area (Å²) in [5.41, 5.74) is 1.90. The number of nitrogens with one attached hydrogen (secondary N) is 1. The second kappa shape index (κ2) is 8.58. The number of rotatable bonds is 6. The lowest BCUT2D eigenvalue weighted by molar-refractivity contribution is -0.141. The number of hydrogen-bond acceptors (Lipinski definition) is 6. The van der Waals surface area contributed by atoms with Crippen molar-refractivity contribution in [2.75, 3.05) is 17.3 Å². The van der Waals surface area contributed by atoms with Crippen LogP contribution in [0.15, 0.2) is 48.8 Å². The molecule has 0 aliphatic rings. The topological polar surface area (TPSA) is 91.2 Å². The SMILES string of the molecule is Cc1cc(Nc2nccc(C(F)(F)F)n2)cc(-c2ccc(N(C)C(C)C(=O)O)nc2)c1. The summed E-state index contributed by atoms with van der Waals surface area (Å²) >= 11 is 0. The Morgan fingerprint density at radius 1 is 1.13 bits per heavy atom. The van der Waals surface area contributed by atoms with Gasteiger partial charge in [0.05, 0.1) is 0 Å². The van der Waals surface area contributed by atoms with E-state index in [-0.39, 0.29) is 5.95 Å². The number of alkyl halides is 3. The molecule has 0 aliphatic heterocycles. The van der Waals surface area contributed by atoms with Gasteiger partial charge in [0.1, 0.15) is 17.6 Å². The molecule has 10 heteroatoms. The Morgan fingerprint density at radius 3 is 2.48 bits per heavy atom. The number of pyridine rings is 1. The molecule has 1 atom stereocenters. The summed E-state index contributed by atoms with van der Waals surface area (Å²) in [6.45, 7) is 3.41. The number of aryl methyl sites for hydroxylation is 1. The lowest BCUT2D eigenvalue weighted by Gasteiger charge is -2.22. The number of likely N-dealkylation sites (N-methyl/N-ethyl adjacent to an activating group) is 1. The van der Waals surface area contributed by atoms with Crippen LogP contribution < -0.4 is 10.2 Å². The number of carboxylic acids is 1. The van der Waals surface area contributed by atoms with E-state index in [0.717, 1.165) is 29.0 Å². The van der Waals surface area contributed by atoms with Crippen LogP contribution >= 0.6 is 0 Å². The van der Waals surface area contributed by atoms with E-state index in [1.54, 1.807) is 49.3 Å². The molecule has 0 saturated heterocycles. The fourth-order valence-corrected chi connectivity index (χ4v) is 2.86. The van der Waals surface area contributed by atoms with Gasteiger partial charge >= 0.3 is 12.1 Å². The Morgan fingerprint density at radius 2 is 1.87 bits per heavy atom. The summed E-state index contributed by atoms with van der Waals surface area (Å²) in [6.07, 6.45) is -1.90. The standard InChI is InChI=1S/C21H20F3N5O2/c1-12-8-15(14-4-5-18(26-11-14)29(3)13(2)19(30)31)10-16(9-12)27-20-25-7-6-17(28-20)21(22,23)24/h4-11,13H,1-3H3,(H,30,31)(H,25,27,28). The van der Waals surface area contributed by atoms with Gasteiger partial charge in [0.25, 0.3) is 0 Å². The van der Waals surface area contributed by atoms with Crippen LogP contribution in [-0.4, -0.2) is 39.1 Å². The molecular weight excluding hydrogens is 411 g/mol. The third-order valence-electron chi connectivity index (χ3n) is 4.66. The molecule has 2 N–H and O–H groups in total. The maximum absolute atomic E-state index is 12.9. The molecule has 0 spiro atoms. The van der Waals surface area contributed by atoms with Gasteiger partial charge in [0, 0.05) is 30.7 Å². The number of anilines is 3. The Hall–Kier alpha value is -3.69. The van der Waals surface area contributed by atoms with Crippen LogP contribution in [0.25, 0.3) is 11.1 Å². The van der Waals surface area contributed by atoms with Crippen molar-refractivity contribution < 1.29 is 23.1 Å². The first-order chi connectivity index (χ1) is 14.5. The number of benzene rings is 1. The van der Waals surface area contributed by atoms with E-state index in [1.807, 2.05) is 13.0 Å². The molecule has 3 rings (SSSR count). The number of carboxylic acid groups (broad SMARTS) is 1. The number of nitrogens with zero attached hydrogens (tertiary/aromatic N) is 4.